The fourth-order valence-electron chi connectivity index (χ4n) is 2.65. The Morgan fingerprint density at radius 1 is 1.39 bits per heavy atom. The van der Waals surface area contributed by atoms with Crippen LogP contribution in [-0.2, 0) is 0 Å². The fourth-order valence-corrected chi connectivity index (χ4v) is 2.65. The van der Waals surface area contributed by atoms with Crippen molar-refractivity contribution in [2.45, 2.75) is 32.3 Å². The lowest BCUT2D eigenvalue weighted by Gasteiger charge is -2.39. The molecular formula is C15H21NO2. The summed E-state index contributed by atoms with van der Waals surface area (Å²) in [4.78, 5) is 13.9. The van der Waals surface area contributed by atoms with E-state index in [2.05, 4.69) is 18.9 Å². The third-order valence-electron chi connectivity index (χ3n) is 3.47. The predicted molar refractivity (Wildman–Crippen MR) is 72.2 cm³/mol. The highest BCUT2D eigenvalue weighted by Crippen LogP contribution is 2.29. The van der Waals surface area contributed by atoms with Crippen LogP contribution in [0.2, 0.25) is 0 Å². The van der Waals surface area contributed by atoms with Gasteiger partial charge in [0.2, 0.25) is 0 Å². The average molecular weight is 247 g/mol. The van der Waals surface area contributed by atoms with Crippen LogP contribution in [0.4, 0.5) is 0 Å². The van der Waals surface area contributed by atoms with E-state index in [1.165, 1.54) is 0 Å². The van der Waals surface area contributed by atoms with Crippen molar-refractivity contribution in [1.29, 1.82) is 0 Å². The highest BCUT2D eigenvalue weighted by atomic mass is 16.5. The van der Waals surface area contributed by atoms with Crippen LogP contribution < -0.4 is 4.74 Å². The molecule has 2 rings (SSSR count). The number of benzene rings is 1. The number of carbonyl (C=O) groups is 1. The van der Waals surface area contributed by atoms with Crippen LogP contribution in [0.25, 0.3) is 0 Å². The summed E-state index contributed by atoms with van der Waals surface area (Å²) in [5.74, 6) is 0.765. The monoisotopic (exact) mass is 247 g/mol. The number of hydrogen-bond donors (Lipinski definition) is 0. The van der Waals surface area contributed by atoms with Crippen molar-refractivity contribution < 1.29 is 9.53 Å². The van der Waals surface area contributed by atoms with E-state index >= 15 is 0 Å². The summed E-state index contributed by atoms with van der Waals surface area (Å²) < 4.78 is 6.14. The van der Waals surface area contributed by atoms with Gasteiger partial charge in [0, 0.05) is 6.54 Å². The smallest absolute Gasteiger partial charge is 0.163 e. The van der Waals surface area contributed by atoms with Crippen molar-refractivity contribution >= 4 is 5.78 Å². The van der Waals surface area contributed by atoms with E-state index in [0.717, 1.165) is 25.9 Å². The Morgan fingerprint density at radius 2 is 2.11 bits per heavy atom. The molecule has 1 saturated heterocycles. The summed E-state index contributed by atoms with van der Waals surface area (Å²) in [5.41, 5.74) is 0.477. The Morgan fingerprint density at radius 3 is 2.78 bits per heavy atom. The van der Waals surface area contributed by atoms with Crippen LogP contribution in [0.1, 0.15) is 37.0 Å². The number of piperidine rings is 1. The topological polar surface area (TPSA) is 29.5 Å². The molecule has 3 heteroatoms. The molecule has 0 spiro atoms. The summed E-state index contributed by atoms with van der Waals surface area (Å²) in [5, 5.41) is 0. The maximum Gasteiger partial charge on any atom is 0.163 e. The van der Waals surface area contributed by atoms with E-state index < -0.39 is 0 Å². The molecule has 1 heterocycles. The normalized spacial score (nSPS) is 24.8. The molecular weight excluding hydrogens is 226 g/mol. The number of hydrogen-bond acceptors (Lipinski definition) is 3. The molecule has 3 nitrogen and oxygen atoms in total. The van der Waals surface area contributed by atoms with Crippen LogP contribution >= 0.6 is 0 Å². The average Bonchev–Trinajstić information content (AvgIpc) is 2.28. The van der Waals surface area contributed by atoms with E-state index in [1.807, 2.05) is 24.3 Å². The van der Waals surface area contributed by atoms with Gasteiger partial charge in [0.15, 0.2) is 5.78 Å². The van der Waals surface area contributed by atoms with E-state index in [9.17, 15) is 4.79 Å². The number of carbonyl (C=O) groups excluding carboxylic acids is 1. The van der Waals surface area contributed by atoms with Crippen molar-refractivity contribution in [2.75, 3.05) is 20.1 Å². The van der Waals surface area contributed by atoms with Gasteiger partial charge in [-0.2, -0.15) is 0 Å². The summed E-state index contributed by atoms with van der Waals surface area (Å²) >= 11 is 0. The predicted octanol–water partition coefficient (Wildman–Crippen LogP) is 2.75. The van der Waals surface area contributed by atoms with Gasteiger partial charge in [-0.3, -0.25) is 4.79 Å². The van der Waals surface area contributed by atoms with Gasteiger partial charge in [0.25, 0.3) is 0 Å². The van der Waals surface area contributed by atoms with Crippen molar-refractivity contribution in [2.24, 2.45) is 0 Å². The van der Waals surface area contributed by atoms with Crippen molar-refractivity contribution in [3.05, 3.63) is 29.8 Å². The molecule has 1 unspecified atom stereocenters. The van der Waals surface area contributed by atoms with Gasteiger partial charge in [0.1, 0.15) is 11.4 Å². The maximum absolute atomic E-state index is 11.6. The number of nitrogens with zero attached hydrogens (tertiary/aromatic N) is 1. The first-order valence-corrected chi connectivity index (χ1v) is 6.48. The number of para-hydroxylation sites is 1. The molecule has 0 aromatic heterocycles. The minimum absolute atomic E-state index is 0.0540. The highest BCUT2D eigenvalue weighted by molar-refractivity contribution is 5.96. The standard InChI is InChI=1S/C15H21NO2/c1-12(17)13-7-4-5-8-14(13)18-15(2)9-6-10-16(3)11-15/h4-5,7-8H,6,9-11H2,1-3H3. The second-order valence-corrected chi connectivity index (χ2v) is 5.45. The number of ketones is 1. The molecule has 1 aromatic carbocycles. The van der Waals surface area contributed by atoms with E-state index in [1.54, 1.807) is 6.92 Å². The van der Waals surface area contributed by atoms with Crippen molar-refractivity contribution in [3.63, 3.8) is 0 Å². The van der Waals surface area contributed by atoms with Crippen LogP contribution in [0, 0.1) is 0 Å². The Labute approximate surface area is 109 Å². The highest BCUT2D eigenvalue weighted by Gasteiger charge is 2.32. The molecule has 0 bridgehead atoms. The first-order valence-electron chi connectivity index (χ1n) is 6.48. The second kappa shape index (κ2) is 5.11. The Bertz CT molecular complexity index is 444. The second-order valence-electron chi connectivity index (χ2n) is 5.45. The third kappa shape index (κ3) is 2.91. The minimum Gasteiger partial charge on any atom is -0.485 e. The molecule has 1 aromatic rings. The molecule has 18 heavy (non-hydrogen) atoms. The summed E-state index contributed by atoms with van der Waals surface area (Å²) in [6.07, 6.45) is 2.17. The molecule has 0 N–H and O–H groups in total. The lowest BCUT2D eigenvalue weighted by atomic mass is 9.95. The zero-order chi connectivity index (χ0) is 13.2. The van der Waals surface area contributed by atoms with Gasteiger partial charge in [-0.25, -0.2) is 0 Å². The van der Waals surface area contributed by atoms with E-state index in [-0.39, 0.29) is 11.4 Å². The van der Waals surface area contributed by atoms with Gasteiger partial charge in [-0.15, -0.1) is 0 Å². The first kappa shape index (κ1) is 13.1. The molecule has 1 aliphatic heterocycles. The van der Waals surface area contributed by atoms with Crippen LogP contribution in [0.15, 0.2) is 24.3 Å². The molecule has 1 aliphatic rings. The lowest BCUT2D eigenvalue weighted by Crippen LogP contribution is -2.48. The first-order chi connectivity index (χ1) is 8.50. The number of Topliss-reactive ketones (excluding diaryl/α,β-unsaturated/α-hetero) is 1. The van der Waals surface area contributed by atoms with Gasteiger partial charge >= 0.3 is 0 Å². The van der Waals surface area contributed by atoms with Crippen molar-refractivity contribution in [1.82, 2.24) is 4.90 Å². The van der Waals surface area contributed by atoms with Crippen LogP contribution in [0.3, 0.4) is 0 Å². The lowest BCUT2D eigenvalue weighted by molar-refractivity contribution is 0.0150. The number of likely N-dealkylation sites (tertiary alicyclic amines) is 1. The molecule has 1 atom stereocenters. The molecule has 0 radical (unpaired) electrons. The summed E-state index contributed by atoms with van der Waals surface area (Å²) in [7, 11) is 2.11. The van der Waals surface area contributed by atoms with Crippen LogP contribution in [-0.4, -0.2) is 36.4 Å². The Hall–Kier alpha value is -1.35. The molecule has 0 saturated carbocycles. The molecule has 98 valence electrons. The fraction of sp³-hybridized carbons (Fsp3) is 0.533. The van der Waals surface area contributed by atoms with E-state index in [4.69, 9.17) is 4.74 Å². The Kier molecular flexibility index (Phi) is 3.71. The quantitative estimate of drug-likeness (QED) is 0.769. The van der Waals surface area contributed by atoms with Gasteiger partial charge in [-0.05, 0) is 52.4 Å². The summed E-state index contributed by atoms with van der Waals surface area (Å²) in [6, 6.07) is 7.50. The SMILES string of the molecule is CC(=O)c1ccccc1OC1(C)CCCN(C)C1. The third-order valence-corrected chi connectivity index (χ3v) is 3.47. The number of ether oxygens (including phenoxy) is 1. The molecule has 1 fully saturated rings. The van der Waals surface area contributed by atoms with Crippen LogP contribution in [0.5, 0.6) is 5.75 Å². The van der Waals surface area contributed by atoms with Gasteiger partial charge in [-0.1, -0.05) is 12.1 Å². The molecule has 0 amide bonds. The van der Waals surface area contributed by atoms with Gasteiger partial charge in [0.05, 0.1) is 5.56 Å². The summed E-state index contributed by atoms with van der Waals surface area (Å²) in [6.45, 7) is 5.73. The number of likely N-dealkylation sites (N-methyl/N-ethyl adjacent to an activating group) is 1. The van der Waals surface area contributed by atoms with E-state index in [0.29, 0.717) is 11.3 Å². The number of rotatable bonds is 3. The zero-order valence-corrected chi connectivity index (χ0v) is 11.4. The van der Waals surface area contributed by atoms with Crippen molar-refractivity contribution in [3.8, 4) is 5.75 Å². The Balaban J connectivity index is 2.20. The maximum atomic E-state index is 11.6. The minimum atomic E-state index is -0.196. The molecule has 0 aliphatic carbocycles. The van der Waals surface area contributed by atoms with Gasteiger partial charge < -0.3 is 9.64 Å². The zero-order valence-electron chi connectivity index (χ0n) is 11.4. The largest absolute Gasteiger partial charge is 0.485 e.